The maximum atomic E-state index is 10.8. The molecule has 0 heterocycles. The maximum Gasteiger partial charge on any atom is 0.397 e. The third-order valence-electron chi connectivity index (χ3n) is 4.74. The van der Waals surface area contributed by atoms with Crippen molar-refractivity contribution in [1.82, 2.24) is 0 Å². The molecule has 0 aromatic rings. The van der Waals surface area contributed by atoms with E-state index in [1.807, 2.05) is 0 Å². The molecule has 1 atom stereocenters. The molecule has 156 valence electrons. The molecule has 0 saturated heterocycles. The standard InChI is InChI=1S/C21H42O4S/c1-3-5-7-9-11-12-13-15-17-19-21(20-25-26(22,23)24)18-16-14-10-8-6-4-2/h17,19,21H,3-16,18,20H2,1-2H3,(H,22,23,24)/b19-17+. The van der Waals surface area contributed by atoms with Crippen LogP contribution < -0.4 is 0 Å². The van der Waals surface area contributed by atoms with Gasteiger partial charge < -0.3 is 0 Å². The molecular weight excluding hydrogens is 348 g/mol. The van der Waals surface area contributed by atoms with Gasteiger partial charge in [-0.3, -0.25) is 4.55 Å². The molecule has 1 N–H and O–H groups in total. The van der Waals surface area contributed by atoms with E-state index in [4.69, 9.17) is 4.55 Å². The molecule has 0 aliphatic carbocycles. The molecule has 0 radical (unpaired) electrons. The van der Waals surface area contributed by atoms with Crippen LogP contribution in [0.5, 0.6) is 0 Å². The number of allylic oxidation sites excluding steroid dienone is 1. The van der Waals surface area contributed by atoms with Crippen LogP contribution in [-0.2, 0) is 14.6 Å². The smallest absolute Gasteiger partial charge is 0.264 e. The van der Waals surface area contributed by atoms with Crippen molar-refractivity contribution in [3.8, 4) is 0 Å². The first-order valence-electron chi connectivity index (χ1n) is 10.8. The van der Waals surface area contributed by atoms with Crippen molar-refractivity contribution in [2.45, 2.75) is 110 Å². The lowest BCUT2D eigenvalue weighted by molar-refractivity contribution is 0.234. The highest BCUT2D eigenvalue weighted by molar-refractivity contribution is 7.80. The molecule has 0 amide bonds. The Kier molecular flexibility index (Phi) is 17.7. The molecule has 0 aliphatic rings. The Bertz CT molecular complexity index is 418. The zero-order valence-electron chi connectivity index (χ0n) is 17.1. The van der Waals surface area contributed by atoms with Crippen LogP contribution in [0.2, 0.25) is 0 Å². The number of rotatable bonds is 19. The van der Waals surface area contributed by atoms with E-state index in [1.165, 1.54) is 77.0 Å². The van der Waals surface area contributed by atoms with Crippen molar-refractivity contribution < 1.29 is 17.2 Å². The Morgan fingerprint density at radius 3 is 1.85 bits per heavy atom. The molecule has 0 rings (SSSR count). The Morgan fingerprint density at radius 2 is 1.31 bits per heavy atom. The van der Waals surface area contributed by atoms with Crippen molar-refractivity contribution in [3.63, 3.8) is 0 Å². The minimum Gasteiger partial charge on any atom is -0.264 e. The van der Waals surface area contributed by atoms with E-state index in [0.717, 1.165) is 19.3 Å². The lowest BCUT2D eigenvalue weighted by atomic mass is 9.99. The molecule has 0 aromatic carbocycles. The van der Waals surface area contributed by atoms with Crippen LogP contribution in [0, 0.1) is 5.92 Å². The van der Waals surface area contributed by atoms with Gasteiger partial charge in [-0.15, -0.1) is 0 Å². The van der Waals surface area contributed by atoms with E-state index < -0.39 is 10.4 Å². The average Bonchev–Trinajstić information content (AvgIpc) is 2.59. The number of hydrogen-bond donors (Lipinski definition) is 1. The molecule has 0 aliphatic heterocycles. The minimum atomic E-state index is -4.35. The minimum absolute atomic E-state index is 0.0430. The van der Waals surface area contributed by atoms with Gasteiger partial charge in [0, 0.05) is 5.92 Å². The van der Waals surface area contributed by atoms with Crippen LogP contribution in [-0.4, -0.2) is 19.6 Å². The summed E-state index contributed by atoms with van der Waals surface area (Å²) in [5.74, 6) is 0.0626. The Labute approximate surface area is 162 Å². The summed E-state index contributed by atoms with van der Waals surface area (Å²) in [5.41, 5.74) is 0. The number of hydrogen-bond acceptors (Lipinski definition) is 3. The van der Waals surface area contributed by atoms with Gasteiger partial charge in [-0.2, -0.15) is 8.42 Å². The van der Waals surface area contributed by atoms with Crippen molar-refractivity contribution in [3.05, 3.63) is 12.2 Å². The fourth-order valence-electron chi connectivity index (χ4n) is 3.10. The summed E-state index contributed by atoms with van der Waals surface area (Å²) in [6.45, 7) is 4.48. The molecule has 4 nitrogen and oxygen atoms in total. The Hall–Kier alpha value is -0.390. The topological polar surface area (TPSA) is 63.6 Å². The summed E-state index contributed by atoms with van der Waals surface area (Å²) in [6, 6.07) is 0. The van der Waals surface area contributed by atoms with Gasteiger partial charge >= 0.3 is 10.4 Å². The Morgan fingerprint density at radius 1 is 0.808 bits per heavy atom. The van der Waals surface area contributed by atoms with Gasteiger partial charge in [0.15, 0.2) is 0 Å². The third kappa shape index (κ3) is 19.9. The zero-order chi connectivity index (χ0) is 19.5. The summed E-state index contributed by atoms with van der Waals surface area (Å²) in [4.78, 5) is 0. The van der Waals surface area contributed by atoms with Crippen LogP contribution >= 0.6 is 0 Å². The van der Waals surface area contributed by atoms with E-state index in [2.05, 4.69) is 30.2 Å². The van der Waals surface area contributed by atoms with E-state index in [0.29, 0.717) is 0 Å². The molecule has 0 aromatic heterocycles. The summed E-state index contributed by atoms with van der Waals surface area (Å²) in [7, 11) is -4.35. The largest absolute Gasteiger partial charge is 0.397 e. The molecule has 1 unspecified atom stereocenters. The monoisotopic (exact) mass is 390 g/mol. The maximum absolute atomic E-state index is 10.8. The molecular formula is C21H42O4S. The fraction of sp³-hybridized carbons (Fsp3) is 0.905. The van der Waals surface area contributed by atoms with Gasteiger partial charge in [0.25, 0.3) is 0 Å². The second kappa shape index (κ2) is 18.0. The van der Waals surface area contributed by atoms with Crippen LogP contribution in [0.15, 0.2) is 12.2 Å². The summed E-state index contributed by atoms with van der Waals surface area (Å²) in [6.07, 6.45) is 22.5. The number of unbranched alkanes of at least 4 members (excludes halogenated alkanes) is 12. The van der Waals surface area contributed by atoms with Gasteiger partial charge in [-0.1, -0.05) is 103 Å². The van der Waals surface area contributed by atoms with Gasteiger partial charge in [0.05, 0.1) is 6.61 Å². The van der Waals surface area contributed by atoms with Crippen molar-refractivity contribution in [2.24, 2.45) is 5.92 Å². The van der Waals surface area contributed by atoms with E-state index in [-0.39, 0.29) is 12.5 Å². The highest BCUT2D eigenvalue weighted by atomic mass is 32.3. The van der Waals surface area contributed by atoms with Gasteiger partial charge in [0.2, 0.25) is 0 Å². The van der Waals surface area contributed by atoms with Gasteiger partial charge in [-0.25, -0.2) is 4.18 Å². The first kappa shape index (κ1) is 25.6. The molecule has 0 fully saturated rings. The van der Waals surface area contributed by atoms with Gasteiger partial charge in [0.1, 0.15) is 0 Å². The van der Waals surface area contributed by atoms with Crippen molar-refractivity contribution >= 4 is 10.4 Å². The second-order valence-corrected chi connectivity index (χ2v) is 8.46. The van der Waals surface area contributed by atoms with E-state index >= 15 is 0 Å². The van der Waals surface area contributed by atoms with Gasteiger partial charge in [-0.05, 0) is 19.3 Å². The molecule has 5 heteroatoms. The Balaban J connectivity index is 3.97. The highest BCUT2D eigenvalue weighted by Crippen LogP contribution is 2.16. The van der Waals surface area contributed by atoms with Crippen molar-refractivity contribution in [2.75, 3.05) is 6.61 Å². The lowest BCUT2D eigenvalue weighted by Gasteiger charge is -2.12. The quantitative estimate of drug-likeness (QED) is 0.148. The predicted molar refractivity (Wildman–Crippen MR) is 111 cm³/mol. The van der Waals surface area contributed by atoms with Crippen LogP contribution in [0.1, 0.15) is 110 Å². The second-order valence-electron chi connectivity index (χ2n) is 7.37. The summed E-state index contributed by atoms with van der Waals surface area (Å²) >= 11 is 0. The van der Waals surface area contributed by atoms with Crippen molar-refractivity contribution in [1.29, 1.82) is 0 Å². The zero-order valence-corrected chi connectivity index (χ0v) is 17.9. The van der Waals surface area contributed by atoms with E-state index in [9.17, 15) is 8.42 Å². The first-order valence-corrected chi connectivity index (χ1v) is 12.1. The lowest BCUT2D eigenvalue weighted by Crippen LogP contribution is -2.12. The van der Waals surface area contributed by atoms with Crippen LogP contribution in [0.4, 0.5) is 0 Å². The molecule has 0 bridgehead atoms. The fourth-order valence-corrected chi connectivity index (χ4v) is 3.45. The first-order chi connectivity index (χ1) is 12.5. The van der Waals surface area contributed by atoms with E-state index in [1.54, 1.807) is 0 Å². The summed E-state index contributed by atoms with van der Waals surface area (Å²) < 4.78 is 35.0. The molecule has 26 heavy (non-hydrogen) atoms. The normalized spacial score (nSPS) is 13.5. The highest BCUT2D eigenvalue weighted by Gasteiger charge is 2.11. The van der Waals surface area contributed by atoms with Crippen LogP contribution in [0.25, 0.3) is 0 Å². The van der Waals surface area contributed by atoms with Crippen LogP contribution in [0.3, 0.4) is 0 Å². The predicted octanol–water partition coefficient (Wildman–Crippen LogP) is 6.87. The average molecular weight is 391 g/mol. The molecule has 0 saturated carbocycles. The SMILES string of the molecule is CCCCCCCCC/C=C/C(CCCCCCCC)COS(=O)(=O)O. The summed E-state index contributed by atoms with van der Waals surface area (Å²) in [5, 5.41) is 0. The third-order valence-corrected chi connectivity index (χ3v) is 5.18. The molecule has 0 spiro atoms.